The van der Waals surface area contributed by atoms with Gasteiger partial charge >= 0.3 is 0 Å². The monoisotopic (exact) mass is 229 g/mol. The first kappa shape index (κ1) is 12.5. The molecule has 1 saturated carbocycles. The van der Waals surface area contributed by atoms with Gasteiger partial charge in [0.1, 0.15) is 0 Å². The van der Waals surface area contributed by atoms with Crippen molar-refractivity contribution in [2.75, 3.05) is 0 Å². The van der Waals surface area contributed by atoms with Gasteiger partial charge in [0.25, 0.3) is 0 Å². The van der Waals surface area contributed by atoms with Gasteiger partial charge in [-0.25, -0.2) is 13.1 Å². The average Bonchev–Trinajstić information content (AvgIpc) is 2.19. The third-order valence-electron chi connectivity index (χ3n) is 2.70. The summed E-state index contributed by atoms with van der Waals surface area (Å²) in [5, 5.41) is 0. The normalized spacial score (nSPS) is 20.2. The molecule has 0 atom stereocenters. The van der Waals surface area contributed by atoms with E-state index in [0.29, 0.717) is 4.91 Å². The molecule has 1 rings (SSSR count). The molecule has 0 aliphatic heterocycles. The zero-order chi connectivity index (χ0) is 11.3. The van der Waals surface area contributed by atoms with Crippen LogP contribution in [0.25, 0.3) is 0 Å². The fraction of sp³-hybridized carbons (Fsp3) is 0.636. The molecule has 0 radical (unpaired) electrons. The van der Waals surface area contributed by atoms with Crippen LogP contribution in [0.15, 0.2) is 23.6 Å². The van der Waals surface area contributed by atoms with Crippen molar-refractivity contribution >= 4 is 10.0 Å². The molecule has 3 nitrogen and oxygen atoms in total. The fourth-order valence-electron chi connectivity index (χ4n) is 1.79. The molecule has 0 aromatic carbocycles. The Morgan fingerprint density at radius 3 is 2.47 bits per heavy atom. The van der Waals surface area contributed by atoms with Crippen LogP contribution in [0.5, 0.6) is 0 Å². The SMILES string of the molecule is C=CC=C(C)S(=O)(=O)NC1CCCCC1. The van der Waals surface area contributed by atoms with E-state index in [1.54, 1.807) is 6.92 Å². The van der Waals surface area contributed by atoms with E-state index < -0.39 is 10.0 Å². The molecular formula is C11H19NO2S. The molecule has 86 valence electrons. The third kappa shape index (κ3) is 3.80. The molecule has 0 amide bonds. The summed E-state index contributed by atoms with van der Waals surface area (Å²) in [5.41, 5.74) is 0. The molecule has 0 heterocycles. The predicted molar refractivity (Wildman–Crippen MR) is 62.9 cm³/mol. The minimum Gasteiger partial charge on any atom is -0.208 e. The first-order valence-electron chi connectivity index (χ1n) is 5.38. The lowest BCUT2D eigenvalue weighted by Gasteiger charge is -2.22. The number of rotatable bonds is 4. The Hall–Kier alpha value is -0.610. The van der Waals surface area contributed by atoms with Crippen molar-refractivity contribution in [2.24, 2.45) is 0 Å². The van der Waals surface area contributed by atoms with E-state index >= 15 is 0 Å². The third-order valence-corrected chi connectivity index (χ3v) is 4.33. The Morgan fingerprint density at radius 1 is 1.33 bits per heavy atom. The maximum atomic E-state index is 11.8. The van der Waals surface area contributed by atoms with Crippen LogP contribution >= 0.6 is 0 Å². The van der Waals surface area contributed by atoms with E-state index in [9.17, 15) is 8.42 Å². The smallest absolute Gasteiger partial charge is 0.208 e. The second kappa shape index (κ2) is 5.47. The molecule has 0 aromatic rings. The Labute approximate surface area is 92.3 Å². The van der Waals surface area contributed by atoms with Crippen molar-refractivity contribution in [3.8, 4) is 0 Å². The van der Waals surface area contributed by atoms with Crippen molar-refractivity contribution in [1.29, 1.82) is 0 Å². The Bertz CT molecular complexity index is 338. The summed E-state index contributed by atoms with van der Waals surface area (Å²) in [6, 6.07) is 0.122. The zero-order valence-electron chi connectivity index (χ0n) is 9.20. The van der Waals surface area contributed by atoms with Gasteiger partial charge < -0.3 is 0 Å². The molecule has 0 saturated heterocycles. The van der Waals surface area contributed by atoms with Crippen LogP contribution in [-0.4, -0.2) is 14.5 Å². The van der Waals surface area contributed by atoms with Crippen LogP contribution in [0.4, 0.5) is 0 Å². The lowest BCUT2D eigenvalue weighted by atomic mass is 9.96. The second-order valence-electron chi connectivity index (χ2n) is 3.97. The van der Waals surface area contributed by atoms with Gasteiger partial charge in [-0.3, -0.25) is 0 Å². The molecule has 1 N–H and O–H groups in total. The average molecular weight is 229 g/mol. The predicted octanol–water partition coefficient (Wildman–Crippen LogP) is 2.33. The molecule has 1 aliphatic rings. The van der Waals surface area contributed by atoms with E-state index in [2.05, 4.69) is 11.3 Å². The van der Waals surface area contributed by atoms with Gasteiger partial charge in [0.15, 0.2) is 0 Å². The van der Waals surface area contributed by atoms with Gasteiger partial charge in [0.2, 0.25) is 10.0 Å². The summed E-state index contributed by atoms with van der Waals surface area (Å²) in [7, 11) is -3.28. The van der Waals surface area contributed by atoms with E-state index in [-0.39, 0.29) is 6.04 Å². The maximum absolute atomic E-state index is 11.8. The largest absolute Gasteiger partial charge is 0.236 e. The van der Waals surface area contributed by atoms with Crippen molar-refractivity contribution in [3.05, 3.63) is 23.6 Å². The van der Waals surface area contributed by atoms with Gasteiger partial charge in [0.05, 0.1) is 4.91 Å². The Balaban J connectivity index is 2.62. The summed E-state index contributed by atoms with van der Waals surface area (Å²) in [4.78, 5) is 0.336. The van der Waals surface area contributed by atoms with Crippen LogP contribution in [0.1, 0.15) is 39.0 Å². The molecule has 0 spiro atoms. The van der Waals surface area contributed by atoms with E-state index in [1.807, 2.05) is 0 Å². The summed E-state index contributed by atoms with van der Waals surface area (Å²) >= 11 is 0. The summed E-state index contributed by atoms with van der Waals surface area (Å²) in [6.45, 7) is 5.08. The van der Waals surface area contributed by atoms with Gasteiger partial charge in [0, 0.05) is 6.04 Å². The van der Waals surface area contributed by atoms with Crippen molar-refractivity contribution < 1.29 is 8.42 Å². The molecule has 0 aromatic heterocycles. The van der Waals surface area contributed by atoms with Crippen molar-refractivity contribution in [3.63, 3.8) is 0 Å². The maximum Gasteiger partial charge on any atom is 0.236 e. The topological polar surface area (TPSA) is 46.2 Å². The minimum atomic E-state index is -3.28. The lowest BCUT2D eigenvalue weighted by Crippen LogP contribution is -2.36. The molecule has 1 aliphatic carbocycles. The standard InChI is InChI=1S/C11H19NO2S/c1-3-7-10(2)15(13,14)12-11-8-5-4-6-9-11/h3,7,11-12H,1,4-6,8-9H2,2H3. The van der Waals surface area contributed by atoms with E-state index in [1.165, 1.54) is 18.6 Å². The quantitative estimate of drug-likeness (QED) is 0.752. The van der Waals surface area contributed by atoms with Crippen molar-refractivity contribution in [2.45, 2.75) is 45.1 Å². The molecule has 4 heteroatoms. The first-order valence-corrected chi connectivity index (χ1v) is 6.86. The summed E-state index contributed by atoms with van der Waals surface area (Å²) in [6.07, 6.45) is 8.40. The number of sulfonamides is 1. The van der Waals surface area contributed by atoms with Crippen LogP contribution < -0.4 is 4.72 Å². The Kier molecular flexibility index (Phi) is 4.54. The summed E-state index contributed by atoms with van der Waals surface area (Å²) < 4.78 is 26.3. The van der Waals surface area contributed by atoms with Gasteiger partial charge in [-0.2, -0.15) is 0 Å². The van der Waals surface area contributed by atoms with Crippen LogP contribution in [-0.2, 0) is 10.0 Å². The first-order chi connectivity index (χ1) is 7.06. The summed E-state index contributed by atoms with van der Waals surface area (Å²) in [5.74, 6) is 0. The van der Waals surface area contributed by atoms with Crippen LogP contribution in [0, 0.1) is 0 Å². The Morgan fingerprint density at radius 2 is 1.93 bits per heavy atom. The highest BCUT2D eigenvalue weighted by molar-refractivity contribution is 7.93. The molecule has 0 unspecified atom stereocenters. The zero-order valence-corrected chi connectivity index (χ0v) is 10.0. The number of hydrogen-bond acceptors (Lipinski definition) is 2. The number of hydrogen-bond donors (Lipinski definition) is 1. The van der Waals surface area contributed by atoms with E-state index in [4.69, 9.17) is 0 Å². The van der Waals surface area contributed by atoms with Crippen LogP contribution in [0.2, 0.25) is 0 Å². The fourth-order valence-corrected chi connectivity index (χ4v) is 2.92. The van der Waals surface area contributed by atoms with Crippen molar-refractivity contribution in [1.82, 2.24) is 4.72 Å². The van der Waals surface area contributed by atoms with Gasteiger partial charge in [-0.1, -0.05) is 31.9 Å². The highest BCUT2D eigenvalue weighted by Gasteiger charge is 2.20. The van der Waals surface area contributed by atoms with Gasteiger partial charge in [-0.05, 0) is 25.8 Å². The minimum absolute atomic E-state index is 0.122. The number of nitrogens with one attached hydrogen (secondary N) is 1. The van der Waals surface area contributed by atoms with E-state index in [0.717, 1.165) is 25.7 Å². The highest BCUT2D eigenvalue weighted by atomic mass is 32.2. The highest BCUT2D eigenvalue weighted by Crippen LogP contribution is 2.19. The molecule has 1 fully saturated rings. The molecular weight excluding hydrogens is 210 g/mol. The van der Waals surface area contributed by atoms with Crippen LogP contribution in [0.3, 0.4) is 0 Å². The molecule has 0 bridgehead atoms. The second-order valence-corrected chi connectivity index (χ2v) is 5.86. The molecule has 15 heavy (non-hydrogen) atoms. The lowest BCUT2D eigenvalue weighted by molar-refractivity contribution is 0.413. The number of allylic oxidation sites excluding steroid dienone is 3. The van der Waals surface area contributed by atoms with Gasteiger partial charge in [-0.15, -0.1) is 0 Å².